The monoisotopic (exact) mass is 191 g/mol. The van der Waals surface area contributed by atoms with Crippen LogP contribution in [0.3, 0.4) is 0 Å². The Balaban J connectivity index is 3.96. The second-order valence-electron chi connectivity index (χ2n) is 1.97. The number of hydrogen-bond donors (Lipinski definition) is 2. The van der Waals surface area contributed by atoms with E-state index in [4.69, 9.17) is 4.74 Å². The lowest BCUT2D eigenvalue weighted by atomic mass is 10.3. The first kappa shape index (κ1) is 10.9. The molecule has 0 rings (SSSR count). The van der Waals surface area contributed by atoms with E-state index in [0.717, 1.165) is 11.5 Å². The molecule has 0 N–H and O–H groups in total. The maximum Gasteiger partial charge on any atom is 0.130 e. The van der Waals surface area contributed by atoms with Crippen LogP contribution in [0.1, 0.15) is 13.8 Å². The highest BCUT2D eigenvalue weighted by atomic mass is 32.1. The van der Waals surface area contributed by atoms with E-state index in [1.807, 2.05) is 19.9 Å². The summed E-state index contributed by atoms with van der Waals surface area (Å²) in [6.45, 7) is 3.77. The van der Waals surface area contributed by atoms with Crippen LogP contribution in [0, 0.1) is 0 Å². The van der Waals surface area contributed by atoms with Crippen LogP contribution in [-0.2, 0) is 4.74 Å². The van der Waals surface area contributed by atoms with E-state index in [9.17, 15) is 0 Å². The van der Waals surface area contributed by atoms with Crippen LogP contribution in [0.25, 0.3) is 0 Å². The Hall–Kier alpha value is -0.0900. The zero-order valence-electron chi connectivity index (χ0n) is 6.74. The molecule has 11 heavy (non-hydrogen) atoms. The van der Waals surface area contributed by atoms with Gasteiger partial charge in [0.2, 0.25) is 0 Å². The van der Waals surface area contributed by atoms with Gasteiger partial charge in [-0.05, 0) is 19.9 Å². The topological polar surface area (TPSA) is 21.6 Å². The van der Waals surface area contributed by atoms with Gasteiger partial charge in [-0.25, -0.2) is 0 Å². The van der Waals surface area contributed by atoms with Gasteiger partial charge in [0.05, 0.1) is 11.6 Å². The lowest BCUT2D eigenvalue weighted by Gasteiger charge is -2.00. The number of allylic oxidation sites excluding steroid dienone is 2. The molecule has 0 bridgehead atoms. The molecule has 0 heterocycles. The Bertz CT molecular complexity index is 166. The molecule has 0 atom stereocenters. The van der Waals surface area contributed by atoms with Gasteiger partial charge in [-0.2, -0.15) is 12.6 Å². The summed E-state index contributed by atoms with van der Waals surface area (Å²) in [6.07, 6.45) is 1.85. The molecule has 0 aromatic rings. The van der Waals surface area contributed by atoms with Crippen LogP contribution >= 0.6 is 25.3 Å². The number of thiol groups is 2. The maximum absolute atomic E-state index is 5.08. The first-order chi connectivity index (χ1) is 5.20. The predicted octanol–water partition coefficient (Wildman–Crippen LogP) is 2.14. The molecule has 0 saturated heterocycles. The van der Waals surface area contributed by atoms with Gasteiger partial charge >= 0.3 is 0 Å². The predicted molar refractivity (Wildman–Crippen MR) is 55.7 cm³/mol. The highest BCUT2D eigenvalue weighted by Gasteiger charge is 1.88. The van der Waals surface area contributed by atoms with Crippen molar-refractivity contribution in [1.29, 1.82) is 0 Å². The van der Waals surface area contributed by atoms with Gasteiger partial charge in [0, 0.05) is 5.71 Å². The lowest BCUT2D eigenvalue weighted by Crippen LogP contribution is -1.91. The fourth-order valence-corrected chi connectivity index (χ4v) is 1.02. The fourth-order valence-electron chi connectivity index (χ4n) is 0.595. The summed E-state index contributed by atoms with van der Waals surface area (Å²) in [5.41, 5.74) is 0.916. The molecule has 0 aromatic carbocycles. The number of rotatable bonds is 4. The van der Waals surface area contributed by atoms with Crippen LogP contribution in [0.5, 0.6) is 0 Å². The van der Waals surface area contributed by atoms with Crippen molar-refractivity contribution in [2.75, 3.05) is 11.8 Å². The van der Waals surface area contributed by atoms with Crippen molar-refractivity contribution in [1.82, 2.24) is 0 Å². The average molecular weight is 191 g/mol. The molecule has 2 nitrogen and oxygen atoms in total. The summed E-state index contributed by atoms with van der Waals surface area (Å²) in [4.78, 5) is 4.05. The Labute approximate surface area is 78.6 Å². The first-order valence-electron chi connectivity index (χ1n) is 3.24. The SMILES string of the molecule is C/C(=C/C(C)=N/CS)OCS. The normalized spacial score (nSPS) is 13.5. The molecule has 4 heteroatoms. The number of aliphatic imine (C=N–C) groups is 1. The summed E-state index contributed by atoms with van der Waals surface area (Å²) in [5, 5.41) is 0. The van der Waals surface area contributed by atoms with Crippen molar-refractivity contribution in [2.45, 2.75) is 13.8 Å². The van der Waals surface area contributed by atoms with E-state index in [-0.39, 0.29) is 0 Å². The quantitative estimate of drug-likeness (QED) is 0.302. The molecular weight excluding hydrogens is 178 g/mol. The zero-order valence-corrected chi connectivity index (χ0v) is 8.53. The zero-order chi connectivity index (χ0) is 8.69. The molecule has 0 aromatic heterocycles. The average Bonchev–Trinajstić information content (AvgIpc) is 1.87. The largest absolute Gasteiger partial charge is 0.488 e. The summed E-state index contributed by atoms with van der Waals surface area (Å²) >= 11 is 7.88. The molecule has 0 aliphatic heterocycles. The second kappa shape index (κ2) is 6.61. The van der Waals surface area contributed by atoms with Gasteiger partial charge in [0.25, 0.3) is 0 Å². The van der Waals surface area contributed by atoms with Crippen molar-refractivity contribution < 1.29 is 4.74 Å². The van der Waals surface area contributed by atoms with Gasteiger partial charge in [-0.1, -0.05) is 0 Å². The molecule has 0 unspecified atom stereocenters. The molecule has 0 aliphatic carbocycles. The van der Waals surface area contributed by atoms with Gasteiger partial charge in [-0.15, -0.1) is 12.6 Å². The van der Waals surface area contributed by atoms with Crippen molar-refractivity contribution in [3.63, 3.8) is 0 Å². The minimum Gasteiger partial charge on any atom is -0.488 e. The van der Waals surface area contributed by atoms with Crippen molar-refractivity contribution in [2.24, 2.45) is 4.99 Å². The minimum absolute atomic E-state index is 0.399. The molecule has 0 aliphatic rings. The van der Waals surface area contributed by atoms with Crippen molar-refractivity contribution >= 4 is 31.0 Å². The maximum atomic E-state index is 5.08. The summed E-state index contributed by atoms with van der Waals surface area (Å²) in [5.74, 6) is 1.73. The van der Waals surface area contributed by atoms with E-state index in [0.29, 0.717) is 11.8 Å². The molecular formula is C7H13NOS2. The van der Waals surface area contributed by atoms with E-state index < -0.39 is 0 Å². The van der Waals surface area contributed by atoms with Crippen LogP contribution in [-0.4, -0.2) is 17.5 Å². The first-order valence-corrected chi connectivity index (χ1v) is 4.51. The molecule has 0 radical (unpaired) electrons. The highest BCUT2D eigenvalue weighted by molar-refractivity contribution is 7.80. The van der Waals surface area contributed by atoms with Crippen LogP contribution < -0.4 is 0 Å². The third kappa shape index (κ3) is 6.31. The van der Waals surface area contributed by atoms with Gasteiger partial charge < -0.3 is 4.74 Å². The second-order valence-corrected chi connectivity index (χ2v) is 2.51. The third-order valence-corrected chi connectivity index (χ3v) is 1.30. The van der Waals surface area contributed by atoms with Crippen LogP contribution in [0.4, 0.5) is 0 Å². The van der Waals surface area contributed by atoms with Crippen LogP contribution in [0.15, 0.2) is 16.8 Å². The van der Waals surface area contributed by atoms with E-state index in [2.05, 4.69) is 30.2 Å². The number of hydrogen-bond acceptors (Lipinski definition) is 4. The van der Waals surface area contributed by atoms with Crippen LogP contribution in [0.2, 0.25) is 0 Å². The number of ether oxygens (including phenoxy) is 1. The van der Waals surface area contributed by atoms with Gasteiger partial charge in [-0.3, -0.25) is 4.99 Å². The van der Waals surface area contributed by atoms with Gasteiger partial charge in [0.1, 0.15) is 5.94 Å². The smallest absolute Gasteiger partial charge is 0.130 e. The van der Waals surface area contributed by atoms with E-state index in [1.54, 1.807) is 0 Å². The summed E-state index contributed by atoms with van der Waals surface area (Å²) in [6, 6.07) is 0. The molecule has 0 amide bonds. The molecule has 64 valence electrons. The molecule has 0 saturated carbocycles. The molecule has 0 spiro atoms. The standard InChI is InChI=1S/C7H13NOS2/c1-6(8-4-10)3-7(2)9-5-11/h3,10-11H,4-5H2,1-2H3/b7-3-,8-6+. The van der Waals surface area contributed by atoms with Gasteiger partial charge in [0.15, 0.2) is 0 Å². The summed E-state index contributed by atoms with van der Waals surface area (Å²) in [7, 11) is 0. The van der Waals surface area contributed by atoms with E-state index >= 15 is 0 Å². The molecule has 0 fully saturated rings. The number of nitrogens with zero attached hydrogens (tertiary/aromatic N) is 1. The summed E-state index contributed by atoms with van der Waals surface area (Å²) < 4.78 is 5.08. The van der Waals surface area contributed by atoms with E-state index in [1.165, 1.54) is 0 Å². The Morgan fingerprint density at radius 1 is 1.45 bits per heavy atom. The third-order valence-electron chi connectivity index (χ3n) is 1.02. The Morgan fingerprint density at radius 3 is 2.55 bits per heavy atom. The fraction of sp³-hybridized carbons (Fsp3) is 0.571. The van der Waals surface area contributed by atoms with Crippen molar-refractivity contribution in [3.05, 3.63) is 11.8 Å². The minimum atomic E-state index is 0.399. The highest BCUT2D eigenvalue weighted by Crippen LogP contribution is 1.97. The lowest BCUT2D eigenvalue weighted by molar-refractivity contribution is 0.277. The van der Waals surface area contributed by atoms with Crippen molar-refractivity contribution in [3.8, 4) is 0 Å². The Morgan fingerprint density at radius 2 is 2.09 bits per heavy atom. The Kier molecular flexibility index (Phi) is 6.56.